The molecule has 0 spiro atoms. The van der Waals surface area contributed by atoms with Gasteiger partial charge in [0, 0.05) is 25.3 Å². The van der Waals surface area contributed by atoms with E-state index in [4.69, 9.17) is 0 Å². The SMILES string of the molecule is CCN(CCNC)c1ccc(O)c(C)c1. The minimum Gasteiger partial charge on any atom is -0.508 e. The molecule has 0 aromatic heterocycles. The van der Waals surface area contributed by atoms with E-state index in [0.29, 0.717) is 5.75 Å². The van der Waals surface area contributed by atoms with Crippen molar-refractivity contribution in [2.45, 2.75) is 13.8 Å². The van der Waals surface area contributed by atoms with Gasteiger partial charge in [-0.1, -0.05) is 0 Å². The van der Waals surface area contributed by atoms with Crippen molar-refractivity contribution in [1.82, 2.24) is 5.32 Å². The molecule has 0 bridgehead atoms. The molecule has 0 atom stereocenters. The van der Waals surface area contributed by atoms with Crippen molar-refractivity contribution in [2.24, 2.45) is 0 Å². The van der Waals surface area contributed by atoms with E-state index in [9.17, 15) is 5.11 Å². The lowest BCUT2D eigenvalue weighted by molar-refractivity contribution is 0.471. The summed E-state index contributed by atoms with van der Waals surface area (Å²) < 4.78 is 0. The molecule has 15 heavy (non-hydrogen) atoms. The molecule has 0 fully saturated rings. The number of likely N-dealkylation sites (N-methyl/N-ethyl adjacent to an activating group) is 2. The van der Waals surface area contributed by atoms with E-state index in [1.165, 1.54) is 5.69 Å². The van der Waals surface area contributed by atoms with E-state index in [1.54, 1.807) is 6.07 Å². The van der Waals surface area contributed by atoms with Crippen LogP contribution in [-0.4, -0.2) is 31.8 Å². The summed E-state index contributed by atoms with van der Waals surface area (Å²) in [5, 5.41) is 12.6. The van der Waals surface area contributed by atoms with Gasteiger partial charge < -0.3 is 15.3 Å². The molecule has 1 rings (SSSR count). The lowest BCUT2D eigenvalue weighted by Gasteiger charge is -2.23. The van der Waals surface area contributed by atoms with Crippen LogP contribution in [0.4, 0.5) is 5.69 Å². The molecule has 3 nitrogen and oxygen atoms in total. The van der Waals surface area contributed by atoms with Crippen LogP contribution in [0.25, 0.3) is 0 Å². The van der Waals surface area contributed by atoms with Crippen LogP contribution in [-0.2, 0) is 0 Å². The minimum absolute atomic E-state index is 0.364. The van der Waals surface area contributed by atoms with E-state index < -0.39 is 0 Å². The number of aryl methyl sites for hydroxylation is 1. The van der Waals surface area contributed by atoms with Crippen molar-refractivity contribution < 1.29 is 5.11 Å². The molecule has 0 radical (unpaired) electrons. The van der Waals surface area contributed by atoms with Crippen LogP contribution < -0.4 is 10.2 Å². The number of hydrogen-bond acceptors (Lipinski definition) is 3. The molecule has 1 aromatic rings. The number of anilines is 1. The van der Waals surface area contributed by atoms with Crippen molar-refractivity contribution in [2.75, 3.05) is 31.6 Å². The fourth-order valence-electron chi connectivity index (χ4n) is 1.55. The molecule has 0 saturated carbocycles. The zero-order valence-electron chi connectivity index (χ0n) is 9.75. The summed E-state index contributed by atoms with van der Waals surface area (Å²) >= 11 is 0. The Labute approximate surface area is 91.7 Å². The Kier molecular flexibility index (Phi) is 4.43. The van der Waals surface area contributed by atoms with E-state index in [0.717, 1.165) is 25.2 Å². The maximum Gasteiger partial charge on any atom is 0.118 e. The number of benzene rings is 1. The first kappa shape index (κ1) is 11.9. The van der Waals surface area contributed by atoms with Gasteiger partial charge >= 0.3 is 0 Å². The number of phenolic OH excluding ortho intramolecular Hbond substituents is 1. The Hall–Kier alpha value is -1.22. The van der Waals surface area contributed by atoms with Crippen molar-refractivity contribution in [3.8, 4) is 5.75 Å². The van der Waals surface area contributed by atoms with Crippen LogP contribution in [0.2, 0.25) is 0 Å². The highest BCUT2D eigenvalue weighted by Crippen LogP contribution is 2.22. The van der Waals surface area contributed by atoms with Gasteiger partial charge in [-0.15, -0.1) is 0 Å². The zero-order valence-corrected chi connectivity index (χ0v) is 9.75. The maximum atomic E-state index is 9.44. The summed E-state index contributed by atoms with van der Waals surface area (Å²) in [6.45, 7) is 6.99. The van der Waals surface area contributed by atoms with Gasteiger partial charge in [-0.2, -0.15) is 0 Å². The second kappa shape index (κ2) is 5.61. The predicted molar refractivity (Wildman–Crippen MR) is 64.7 cm³/mol. The van der Waals surface area contributed by atoms with Crippen LogP contribution in [0, 0.1) is 6.92 Å². The van der Waals surface area contributed by atoms with Gasteiger partial charge in [0.1, 0.15) is 5.75 Å². The summed E-state index contributed by atoms with van der Waals surface area (Å²) in [4.78, 5) is 2.28. The van der Waals surface area contributed by atoms with E-state index in [1.807, 2.05) is 26.1 Å². The van der Waals surface area contributed by atoms with Gasteiger partial charge in [0.25, 0.3) is 0 Å². The molecule has 2 N–H and O–H groups in total. The number of hydrogen-bond donors (Lipinski definition) is 2. The van der Waals surface area contributed by atoms with Crippen molar-refractivity contribution in [3.05, 3.63) is 23.8 Å². The molecule has 0 unspecified atom stereocenters. The number of rotatable bonds is 5. The maximum absolute atomic E-state index is 9.44. The van der Waals surface area contributed by atoms with Crippen LogP contribution in [0.5, 0.6) is 5.75 Å². The summed E-state index contributed by atoms with van der Waals surface area (Å²) in [6, 6.07) is 5.74. The fraction of sp³-hybridized carbons (Fsp3) is 0.500. The largest absolute Gasteiger partial charge is 0.508 e. The van der Waals surface area contributed by atoms with Crippen LogP contribution in [0.3, 0.4) is 0 Å². The first-order valence-corrected chi connectivity index (χ1v) is 5.38. The van der Waals surface area contributed by atoms with Gasteiger partial charge in [0.15, 0.2) is 0 Å². The monoisotopic (exact) mass is 208 g/mol. The summed E-state index contributed by atoms with van der Waals surface area (Å²) in [6.07, 6.45) is 0. The molecule has 0 aliphatic heterocycles. The molecule has 0 heterocycles. The Bertz CT molecular complexity index is 312. The van der Waals surface area contributed by atoms with Gasteiger partial charge in [0.2, 0.25) is 0 Å². The third kappa shape index (κ3) is 3.13. The Morgan fingerprint density at radius 2 is 2.13 bits per heavy atom. The molecule has 3 heteroatoms. The molecular formula is C12H20N2O. The van der Waals surface area contributed by atoms with Crippen LogP contribution in [0.1, 0.15) is 12.5 Å². The van der Waals surface area contributed by atoms with Gasteiger partial charge in [-0.25, -0.2) is 0 Å². The highest BCUT2D eigenvalue weighted by molar-refractivity contribution is 5.52. The average Bonchev–Trinajstić information content (AvgIpc) is 2.24. The smallest absolute Gasteiger partial charge is 0.118 e. The highest BCUT2D eigenvalue weighted by Gasteiger charge is 2.05. The number of nitrogens with one attached hydrogen (secondary N) is 1. The fourth-order valence-corrected chi connectivity index (χ4v) is 1.55. The zero-order chi connectivity index (χ0) is 11.3. The normalized spacial score (nSPS) is 10.3. The van der Waals surface area contributed by atoms with E-state index in [2.05, 4.69) is 17.1 Å². The summed E-state index contributed by atoms with van der Waals surface area (Å²) in [5.41, 5.74) is 2.10. The second-order valence-corrected chi connectivity index (χ2v) is 3.65. The second-order valence-electron chi connectivity index (χ2n) is 3.65. The lowest BCUT2D eigenvalue weighted by atomic mass is 10.2. The quantitative estimate of drug-likeness (QED) is 0.773. The molecule has 1 aromatic carbocycles. The van der Waals surface area contributed by atoms with Gasteiger partial charge in [-0.05, 0) is 44.7 Å². The van der Waals surface area contributed by atoms with Gasteiger partial charge in [0.05, 0.1) is 0 Å². The van der Waals surface area contributed by atoms with Crippen LogP contribution in [0.15, 0.2) is 18.2 Å². The number of phenols is 1. The number of nitrogens with zero attached hydrogens (tertiary/aromatic N) is 1. The third-order valence-electron chi connectivity index (χ3n) is 2.56. The van der Waals surface area contributed by atoms with Crippen molar-refractivity contribution >= 4 is 5.69 Å². The summed E-state index contributed by atoms with van der Waals surface area (Å²) in [7, 11) is 1.95. The Morgan fingerprint density at radius 3 is 2.67 bits per heavy atom. The first-order chi connectivity index (χ1) is 7.19. The van der Waals surface area contributed by atoms with Crippen molar-refractivity contribution in [1.29, 1.82) is 0 Å². The van der Waals surface area contributed by atoms with Gasteiger partial charge in [-0.3, -0.25) is 0 Å². The molecule has 0 saturated heterocycles. The summed E-state index contributed by atoms with van der Waals surface area (Å²) in [5.74, 6) is 0.364. The minimum atomic E-state index is 0.364. The Morgan fingerprint density at radius 1 is 1.40 bits per heavy atom. The third-order valence-corrected chi connectivity index (χ3v) is 2.56. The molecule has 84 valence electrons. The Balaban J connectivity index is 2.78. The standard InChI is InChI=1S/C12H20N2O/c1-4-14(8-7-13-3)11-5-6-12(15)10(2)9-11/h5-6,9,13,15H,4,7-8H2,1-3H3. The lowest BCUT2D eigenvalue weighted by Crippen LogP contribution is -2.30. The number of aromatic hydroxyl groups is 1. The molecular weight excluding hydrogens is 188 g/mol. The predicted octanol–water partition coefficient (Wildman–Crippen LogP) is 1.75. The van der Waals surface area contributed by atoms with Crippen molar-refractivity contribution in [3.63, 3.8) is 0 Å². The topological polar surface area (TPSA) is 35.5 Å². The van der Waals surface area contributed by atoms with E-state index >= 15 is 0 Å². The first-order valence-electron chi connectivity index (χ1n) is 5.38. The molecule has 0 aliphatic rings. The molecule has 0 aliphatic carbocycles. The average molecular weight is 208 g/mol. The molecule has 0 amide bonds. The highest BCUT2D eigenvalue weighted by atomic mass is 16.3. The van der Waals surface area contributed by atoms with E-state index in [-0.39, 0.29) is 0 Å². The van der Waals surface area contributed by atoms with Crippen LogP contribution >= 0.6 is 0 Å².